The Morgan fingerprint density at radius 1 is 1.31 bits per heavy atom. The average molecular weight is 509 g/mol. The first-order valence-corrected chi connectivity index (χ1v) is 12.7. The van der Waals surface area contributed by atoms with Gasteiger partial charge < -0.3 is 25.5 Å². The lowest BCUT2D eigenvalue weighted by molar-refractivity contribution is -0.122. The summed E-state index contributed by atoms with van der Waals surface area (Å²) in [7, 11) is 1.65. The molecule has 6 rings (SSSR count). The van der Waals surface area contributed by atoms with Crippen molar-refractivity contribution in [1.29, 1.82) is 0 Å². The van der Waals surface area contributed by atoms with Crippen molar-refractivity contribution in [2.75, 3.05) is 38.7 Å². The molecule has 10 heteroatoms. The molecule has 2 aromatic heterocycles. The summed E-state index contributed by atoms with van der Waals surface area (Å²) in [6.07, 6.45) is 6.77. The SMILES string of the molecule is COc1ccc(CN2CCOCC2)cc1-c1nc2ncc(Cl)c(N[C@H]3[C@@H](C(N)=O)[C@@H]4C=C[C@H]3C4)c2[nH]1. The molecule has 1 aliphatic heterocycles. The van der Waals surface area contributed by atoms with E-state index in [0.29, 0.717) is 33.4 Å². The fraction of sp³-hybridized carbons (Fsp3) is 0.423. The van der Waals surface area contributed by atoms with E-state index in [1.807, 2.05) is 6.07 Å². The van der Waals surface area contributed by atoms with Gasteiger partial charge in [0.1, 0.15) is 17.1 Å². The van der Waals surface area contributed by atoms with Gasteiger partial charge in [-0.05, 0) is 36.0 Å². The number of halogens is 1. The Morgan fingerprint density at radius 2 is 2.11 bits per heavy atom. The first-order chi connectivity index (χ1) is 17.5. The number of fused-ring (bicyclic) bond motifs is 3. The Kier molecular flexibility index (Phi) is 6.07. The zero-order valence-corrected chi connectivity index (χ0v) is 20.8. The molecule has 0 unspecified atom stereocenters. The van der Waals surface area contributed by atoms with Crippen molar-refractivity contribution in [1.82, 2.24) is 19.9 Å². The molecule has 1 aromatic carbocycles. The van der Waals surface area contributed by atoms with Gasteiger partial charge in [-0.15, -0.1) is 0 Å². The van der Waals surface area contributed by atoms with Crippen molar-refractivity contribution in [3.63, 3.8) is 0 Å². The van der Waals surface area contributed by atoms with Crippen LogP contribution in [0.1, 0.15) is 12.0 Å². The van der Waals surface area contributed by atoms with E-state index >= 15 is 0 Å². The van der Waals surface area contributed by atoms with Gasteiger partial charge in [-0.1, -0.05) is 29.8 Å². The minimum absolute atomic E-state index is 0.126. The van der Waals surface area contributed by atoms with Crippen molar-refractivity contribution in [2.24, 2.45) is 23.5 Å². The summed E-state index contributed by atoms with van der Waals surface area (Å²) in [4.78, 5) is 27.3. The van der Waals surface area contributed by atoms with Crippen LogP contribution in [0.25, 0.3) is 22.6 Å². The molecule has 1 amide bonds. The molecule has 0 radical (unpaired) electrons. The molecule has 1 saturated carbocycles. The molecule has 3 heterocycles. The van der Waals surface area contributed by atoms with E-state index < -0.39 is 0 Å². The van der Waals surface area contributed by atoms with Gasteiger partial charge in [-0.3, -0.25) is 9.69 Å². The van der Waals surface area contributed by atoms with Crippen LogP contribution in [-0.2, 0) is 16.1 Å². The Bertz CT molecular complexity index is 1330. The third-order valence-corrected chi connectivity index (χ3v) is 7.89. The second kappa shape index (κ2) is 9.38. The fourth-order valence-electron chi connectivity index (χ4n) is 5.83. The van der Waals surface area contributed by atoms with Gasteiger partial charge >= 0.3 is 0 Å². The van der Waals surface area contributed by atoms with Crippen molar-refractivity contribution < 1.29 is 14.3 Å². The van der Waals surface area contributed by atoms with Crippen LogP contribution in [0.4, 0.5) is 5.69 Å². The number of primary amides is 1. The van der Waals surface area contributed by atoms with E-state index in [0.717, 1.165) is 50.4 Å². The summed E-state index contributed by atoms with van der Waals surface area (Å²) >= 11 is 6.61. The number of carbonyl (C=O) groups excluding carboxylic acids is 1. The van der Waals surface area contributed by atoms with Gasteiger partial charge in [0.2, 0.25) is 5.91 Å². The normalized spacial score (nSPS) is 25.5. The number of hydrogen-bond donors (Lipinski definition) is 3. The van der Waals surface area contributed by atoms with E-state index in [1.54, 1.807) is 13.3 Å². The zero-order valence-electron chi connectivity index (χ0n) is 20.0. The van der Waals surface area contributed by atoms with E-state index in [4.69, 9.17) is 31.8 Å². The highest BCUT2D eigenvalue weighted by molar-refractivity contribution is 6.34. The number of morpholine rings is 1. The van der Waals surface area contributed by atoms with Gasteiger partial charge in [0.15, 0.2) is 5.65 Å². The number of benzene rings is 1. The molecule has 2 fully saturated rings. The molecule has 188 valence electrons. The minimum Gasteiger partial charge on any atom is -0.496 e. The molecule has 4 atom stereocenters. The van der Waals surface area contributed by atoms with Crippen molar-refractivity contribution in [3.05, 3.63) is 47.1 Å². The van der Waals surface area contributed by atoms with E-state index in [2.05, 4.69) is 44.5 Å². The quantitative estimate of drug-likeness (QED) is 0.419. The van der Waals surface area contributed by atoms with Crippen LogP contribution in [0.3, 0.4) is 0 Å². The number of nitrogens with two attached hydrogens (primary N) is 1. The number of aromatic nitrogens is 3. The van der Waals surface area contributed by atoms with E-state index in [1.165, 1.54) is 0 Å². The lowest BCUT2D eigenvalue weighted by Crippen LogP contribution is -2.41. The number of rotatable bonds is 7. The summed E-state index contributed by atoms with van der Waals surface area (Å²) in [5.74, 6) is 1.18. The number of allylic oxidation sites excluding steroid dienone is 1. The summed E-state index contributed by atoms with van der Waals surface area (Å²) in [5.41, 5.74) is 9.68. The largest absolute Gasteiger partial charge is 0.496 e. The number of nitrogens with zero attached hydrogens (tertiary/aromatic N) is 3. The summed E-state index contributed by atoms with van der Waals surface area (Å²) in [6, 6.07) is 6.02. The topological polar surface area (TPSA) is 118 Å². The van der Waals surface area contributed by atoms with Crippen LogP contribution >= 0.6 is 11.6 Å². The van der Waals surface area contributed by atoms with Crippen LogP contribution in [0.15, 0.2) is 36.5 Å². The highest BCUT2D eigenvalue weighted by Gasteiger charge is 2.47. The number of methoxy groups -OCH3 is 1. The van der Waals surface area contributed by atoms with Gasteiger partial charge in [0, 0.05) is 25.7 Å². The number of pyridine rings is 1. The number of H-pyrrole nitrogens is 1. The van der Waals surface area contributed by atoms with Crippen molar-refractivity contribution in [3.8, 4) is 17.1 Å². The Labute approximate surface area is 214 Å². The van der Waals surface area contributed by atoms with Crippen LogP contribution < -0.4 is 15.8 Å². The number of aromatic amines is 1. The monoisotopic (exact) mass is 508 g/mol. The molecule has 2 bridgehead atoms. The number of nitrogens with one attached hydrogen (secondary N) is 2. The van der Waals surface area contributed by atoms with Crippen LogP contribution in [-0.4, -0.2) is 65.2 Å². The summed E-state index contributed by atoms with van der Waals surface area (Å²) in [6.45, 7) is 4.15. The van der Waals surface area contributed by atoms with E-state index in [-0.39, 0.29) is 29.7 Å². The third-order valence-electron chi connectivity index (χ3n) is 7.60. The molecular formula is C26H29ClN6O3. The molecule has 36 heavy (non-hydrogen) atoms. The highest BCUT2D eigenvalue weighted by Crippen LogP contribution is 2.46. The first kappa shape index (κ1) is 23.3. The molecule has 0 spiro atoms. The molecule has 9 nitrogen and oxygen atoms in total. The zero-order chi connectivity index (χ0) is 24.8. The average Bonchev–Trinajstić information content (AvgIpc) is 3.61. The number of ether oxygens (including phenoxy) is 2. The maximum atomic E-state index is 12.2. The number of hydrogen-bond acceptors (Lipinski definition) is 7. The predicted molar refractivity (Wildman–Crippen MR) is 138 cm³/mol. The molecular weight excluding hydrogens is 480 g/mol. The molecule has 3 aromatic rings. The number of amides is 1. The van der Waals surface area contributed by atoms with Crippen LogP contribution in [0.5, 0.6) is 5.75 Å². The fourth-order valence-corrected chi connectivity index (χ4v) is 6.03. The second-order valence-corrected chi connectivity index (χ2v) is 10.1. The smallest absolute Gasteiger partial charge is 0.223 e. The Balaban J connectivity index is 1.35. The summed E-state index contributed by atoms with van der Waals surface area (Å²) in [5, 5.41) is 3.99. The van der Waals surface area contributed by atoms with Crippen molar-refractivity contribution >= 4 is 34.4 Å². The highest BCUT2D eigenvalue weighted by atomic mass is 35.5. The van der Waals surface area contributed by atoms with Gasteiger partial charge in [-0.25, -0.2) is 9.97 Å². The lowest BCUT2D eigenvalue weighted by Gasteiger charge is -2.28. The molecule has 3 aliphatic rings. The second-order valence-electron chi connectivity index (χ2n) is 9.73. The van der Waals surface area contributed by atoms with Crippen LogP contribution in [0, 0.1) is 17.8 Å². The number of anilines is 1. The standard InChI is InChI=1S/C26H29ClN6O3/c1-35-19-5-2-14(13-33-6-8-36-9-7-33)10-17(19)25-31-23-22(18(27)12-29-26(23)32-25)30-21-16-4-3-15(11-16)20(21)24(28)34/h2-5,10,12,15-16,20-21H,6-9,11,13H2,1H3,(H2,28,34)(H2,29,30,31,32)/t15-,16+,20+,21-/m1/s1. The lowest BCUT2D eigenvalue weighted by atomic mass is 9.88. The van der Waals surface area contributed by atoms with Gasteiger partial charge in [0.05, 0.1) is 48.7 Å². The van der Waals surface area contributed by atoms with Gasteiger partial charge in [-0.2, -0.15) is 0 Å². The van der Waals surface area contributed by atoms with Gasteiger partial charge in [0.25, 0.3) is 0 Å². The number of carbonyl (C=O) groups is 1. The maximum absolute atomic E-state index is 12.2. The summed E-state index contributed by atoms with van der Waals surface area (Å²) < 4.78 is 11.1. The molecule has 4 N–H and O–H groups in total. The minimum atomic E-state index is -0.294. The Morgan fingerprint density at radius 3 is 2.89 bits per heavy atom. The van der Waals surface area contributed by atoms with Crippen LogP contribution in [0.2, 0.25) is 5.02 Å². The van der Waals surface area contributed by atoms with E-state index in [9.17, 15) is 4.79 Å². The molecule has 1 saturated heterocycles. The first-order valence-electron chi connectivity index (χ1n) is 12.3. The number of imidazole rings is 1. The third kappa shape index (κ3) is 4.11. The Hall–Kier alpha value is -3.14. The predicted octanol–water partition coefficient (Wildman–Crippen LogP) is 3.21. The molecule has 2 aliphatic carbocycles. The van der Waals surface area contributed by atoms with Crippen molar-refractivity contribution in [2.45, 2.75) is 19.0 Å². The maximum Gasteiger partial charge on any atom is 0.223 e.